The lowest BCUT2D eigenvalue weighted by atomic mass is 10.3. The number of nitrogens with two attached hydrogens (primary N) is 1. The molecule has 0 saturated carbocycles. The van der Waals surface area contributed by atoms with E-state index in [-0.39, 0.29) is 0 Å². The average Bonchev–Trinajstić information content (AvgIpc) is 2.74. The quantitative estimate of drug-likeness (QED) is 0.910. The molecule has 0 saturated heterocycles. The van der Waals surface area contributed by atoms with E-state index in [4.69, 9.17) is 5.73 Å². The number of nitrogens with one attached hydrogen (secondary N) is 1. The minimum absolute atomic E-state index is 0.650. The molecule has 16 heavy (non-hydrogen) atoms. The summed E-state index contributed by atoms with van der Waals surface area (Å²) in [5.74, 6) is 0.810. The number of nitrogen functional groups attached to an aromatic ring is 1. The molecule has 84 valence electrons. The first kappa shape index (κ1) is 11.3. The van der Waals surface area contributed by atoms with E-state index in [9.17, 15) is 0 Å². The van der Waals surface area contributed by atoms with E-state index in [1.807, 2.05) is 17.0 Å². The summed E-state index contributed by atoms with van der Waals surface area (Å²) in [7, 11) is 0. The highest BCUT2D eigenvalue weighted by Gasteiger charge is 2.01. The van der Waals surface area contributed by atoms with E-state index < -0.39 is 0 Å². The van der Waals surface area contributed by atoms with Gasteiger partial charge in [-0.15, -0.1) is 11.3 Å². The lowest BCUT2D eigenvalue weighted by molar-refractivity contribution is 0.967. The summed E-state index contributed by atoms with van der Waals surface area (Å²) >= 11 is 5.02. The van der Waals surface area contributed by atoms with E-state index >= 15 is 0 Å². The Morgan fingerprint density at radius 1 is 1.44 bits per heavy atom. The monoisotopic (exact) mass is 298 g/mol. The molecule has 0 spiro atoms. The third kappa shape index (κ3) is 2.93. The normalized spacial score (nSPS) is 10.3. The number of rotatable bonds is 4. The van der Waals surface area contributed by atoms with Gasteiger partial charge < -0.3 is 11.1 Å². The zero-order valence-corrected chi connectivity index (χ0v) is 10.9. The van der Waals surface area contributed by atoms with Crippen LogP contribution in [0.3, 0.4) is 0 Å². The van der Waals surface area contributed by atoms with Crippen LogP contribution in [-0.4, -0.2) is 16.5 Å². The molecule has 3 N–H and O–H groups in total. The molecule has 0 amide bonds. The Morgan fingerprint density at radius 3 is 3.00 bits per heavy atom. The molecule has 0 fully saturated rings. The number of nitrogens with zero attached hydrogens (tertiary/aromatic N) is 2. The van der Waals surface area contributed by atoms with Gasteiger partial charge in [0, 0.05) is 18.3 Å². The highest BCUT2D eigenvalue weighted by atomic mass is 79.9. The number of anilines is 2. The fourth-order valence-electron chi connectivity index (χ4n) is 1.25. The average molecular weight is 299 g/mol. The van der Waals surface area contributed by atoms with Crippen molar-refractivity contribution in [2.45, 2.75) is 6.42 Å². The van der Waals surface area contributed by atoms with Gasteiger partial charge >= 0.3 is 0 Å². The molecule has 2 aromatic heterocycles. The molecular weight excluding hydrogens is 288 g/mol. The van der Waals surface area contributed by atoms with Crippen LogP contribution in [0.4, 0.5) is 11.5 Å². The van der Waals surface area contributed by atoms with Gasteiger partial charge in [0.25, 0.3) is 0 Å². The molecule has 0 aliphatic rings. The molecule has 2 rings (SSSR count). The Balaban J connectivity index is 1.90. The van der Waals surface area contributed by atoms with Crippen molar-refractivity contribution >= 4 is 38.8 Å². The third-order valence-corrected chi connectivity index (χ3v) is 3.26. The smallest absolute Gasteiger partial charge is 0.140 e. The van der Waals surface area contributed by atoms with Crippen LogP contribution < -0.4 is 11.1 Å². The minimum atomic E-state index is 0.650. The predicted octanol–water partition coefficient (Wildman–Crippen LogP) is 2.54. The van der Waals surface area contributed by atoms with Gasteiger partial charge in [-0.2, -0.15) is 0 Å². The molecule has 0 aliphatic carbocycles. The minimum Gasteiger partial charge on any atom is -0.397 e. The predicted molar refractivity (Wildman–Crippen MR) is 70.7 cm³/mol. The standard InChI is InChI=1S/C10H11BrN4S/c11-9-3-7(12)4-14-10(9)13-2-1-8-5-16-6-15-8/h3-6H,1-2,12H2,(H,13,14). The number of halogens is 1. The Hall–Kier alpha value is -1.14. The van der Waals surface area contributed by atoms with Gasteiger partial charge in [0.05, 0.1) is 27.6 Å². The van der Waals surface area contributed by atoms with E-state index in [1.165, 1.54) is 0 Å². The maximum Gasteiger partial charge on any atom is 0.140 e. The van der Waals surface area contributed by atoms with E-state index in [0.717, 1.165) is 29.0 Å². The number of pyridine rings is 1. The summed E-state index contributed by atoms with van der Waals surface area (Å²) in [5.41, 5.74) is 9.20. The Bertz CT molecular complexity index is 458. The van der Waals surface area contributed by atoms with Crippen molar-refractivity contribution in [2.24, 2.45) is 0 Å². The highest BCUT2D eigenvalue weighted by molar-refractivity contribution is 9.10. The molecule has 0 radical (unpaired) electrons. The second-order valence-electron chi connectivity index (χ2n) is 3.26. The molecule has 0 unspecified atom stereocenters. The highest BCUT2D eigenvalue weighted by Crippen LogP contribution is 2.21. The molecule has 0 atom stereocenters. The number of aromatic nitrogens is 2. The van der Waals surface area contributed by atoms with Crippen molar-refractivity contribution in [1.29, 1.82) is 0 Å². The Kier molecular flexibility index (Phi) is 3.74. The molecule has 6 heteroatoms. The molecule has 4 nitrogen and oxygen atoms in total. The Morgan fingerprint density at radius 2 is 2.31 bits per heavy atom. The van der Waals surface area contributed by atoms with Crippen molar-refractivity contribution in [3.63, 3.8) is 0 Å². The zero-order valence-electron chi connectivity index (χ0n) is 8.48. The first-order valence-corrected chi connectivity index (χ1v) is 6.51. The summed E-state index contributed by atoms with van der Waals surface area (Å²) in [6.07, 6.45) is 2.53. The zero-order chi connectivity index (χ0) is 11.4. The van der Waals surface area contributed by atoms with Crippen molar-refractivity contribution in [3.05, 3.63) is 33.3 Å². The second kappa shape index (κ2) is 5.27. The lowest BCUT2D eigenvalue weighted by Gasteiger charge is -2.06. The summed E-state index contributed by atoms with van der Waals surface area (Å²) in [5, 5.41) is 5.28. The van der Waals surface area contributed by atoms with Crippen molar-refractivity contribution in [2.75, 3.05) is 17.6 Å². The van der Waals surface area contributed by atoms with Gasteiger partial charge in [-0.25, -0.2) is 9.97 Å². The van der Waals surface area contributed by atoms with Crippen molar-refractivity contribution in [3.8, 4) is 0 Å². The second-order valence-corrected chi connectivity index (χ2v) is 4.83. The summed E-state index contributed by atoms with van der Waals surface area (Å²) < 4.78 is 0.880. The summed E-state index contributed by atoms with van der Waals surface area (Å²) in [4.78, 5) is 8.41. The largest absolute Gasteiger partial charge is 0.397 e. The van der Waals surface area contributed by atoms with Gasteiger partial charge in [-0.05, 0) is 22.0 Å². The number of hydrogen-bond donors (Lipinski definition) is 2. The maximum atomic E-state index is 5.60. The van der Waals surface area contributed by atoms with Crippen LogP contribution in [0.25, 0.3) is 0 Å². The molecule has 2 aromatic rings. The molecule has 2 heterocycles. The fraction of sp³-hybridized carbons (Fsp3) is 0.200. The van der Waals surface area contributed by atoms with Crippen LogP contribution in [-0.2, 0) is 6.42 Å². The molecule has 0 aromatic carbocycles. The van der Waals surface area contributed by atoms with Gasteiger partial charge in [-0.3, -0.25) is 0 Å². The number of thiazole rings is 1. The molecule has 0 aliphatic heterocycles. The Labute approximate surface area is 106 Å². The third-order valence-electron chi connectivity index (χ3n) is 2.02. The van der Waals surface area contributed by atoms with Gasteiger partial charge in [-0.1, -0.05) is 0 Å². The lowest BCUT2D eigenvalue weighted by Crippen LogP contribution is -2.07. The van der Waals surface area contributed by atoms with Crippen LogP contribution in [0.2, 0.25) is 0 Å². The summed E-state index contributed by atoms with van der Waals surface area (Å²) in [6.45, 7) is 0.805. The molecule has 0 bridgehead atoms. The topological polar surface area (TPSA) is 63.8 Å². The van der Waals surface area contributed by atoms with Crippen LogP contribution in [0.5, 0.6) is 0 Å². The molecular formula is C10H11BrN4S. The SMILES string of the molecule is Nc1cnc(NCCc2cscn2)c(Br)c1. The van der Waals surface area contributed by atoms with Crippen molar-refractivity contribution in [1.82, 2.24) is 9.97 Å². The van der Waals surface area contributed by atoms with Gasteiger partial charge in [0.2, 0.25) is 0 Å². The van der Waals surface area contributed by atoms with E-state index in [1.54, 1.807) is 17.5 Å². The maximum absolute atomic E-state index is 5.60. The van der Waals surface area contributed by atoms with E-state index in [0.29, 0.717) is 5.69 Å². The van der Waals surface area contributed by atoms with Crippen LogP contribution in [0.1, 0.15) is 5.69 Å². The van der Waals surface area contributed by atoms with Crippen LogP contribution in [0.15, 0.2) is 27.6 Å². The van der Waals surface area contributed by atoms with Gasteiger partial charge in [0.1, 0.15) is 5.82 Å². The first-order valence-electron chi connectivity index (χ1n) is 4.77. The number of hydrogen-bond acceptors (Lipinski definition) is 5. The first-order chi connectivity index (χ1) is 7.75. The van der Waals surface area contributed by atoms with Crippen LogP contribution >= 0.6 is 27.3 Å². The van der Waals surface area contributed by atoms with Crippen molar-refractivity contribution < 1.29 is 0 Å². The fourth-order valence-corrected chi connectivity index (χ4v) is 2.35. The van der Waals surface area contributed by atoms with E-state index in [2.05, 4.69) is 31.2 Å². The van der Waals surface area contributed by atoms with Crippen LogP contribution in [0, 0.1) is 0 Å². The van der Waals surface area contributed by atoms with Gasteiger partial charge in [0.15, 0.2) is 0 Å². The summed E-state index contributed by atoms with van der Waals surface area (Å²) in [6, 6.07) is 1.83.